The van der Waals surface area contributed by atoms with E-state index in [9.17, 15) is 67.5 Å². The fourth-order valence-electron chi connectivity index (χ4n) is 9.59. The van der Waals surface area contributed by atoms with Gasteiger partial charge >= 0.3 is 42.4 Å². The van der Waals surface area contributed by atoms with Crippen LogP contribution in [-0.2, 0) is 71.2 Å². The normalized spacial score (nSPS) is 31.1. The van der Waals surface area contributed by atoms with Crippen LogP contribution in [0.5, 0.6) is 0 Å². The molecule has 5 aromatic heterocycles. The van der Waals surface area contributed by atoms with Crippen molar-refractivity contribution in [3.8, 4) is 0 Å². The SMILES string of the molecule is CO[C@@H]1[C@H](P(=O)(O)OC[C@H]2O[C@@H](n3ccc(=O)[nH]c3=O)[C@H](O)[C@@H]2O)[C@@H](COP(=O)(O)OP(=O)(O)OP(=O)(O)OC[C@H]2OC([n+]3cn(C)c4c(=O)[nH]c(N)nc43)[C@H](O)[C@@H]2CCN2CCOCC2)O[C@H]1n1cnc2c(N)ncnc21. The summed E-state index contributed by atoms with van der Waals surface area (Å²) in [7, 11) is -20.7. The van der Waals surface area contributed by atoms with Gasteiger partial charge < -0.3 is 74.6 Å². The Bertz CT molecular complexity index is 3390. The van der Waals surface area contributed by atoms with Crippen molar-refractivity contribution in [3.63, 3.8) is 0 Å². The largest absolute Gasteiger partial charge is 0.490 e. The second kappa shape index (κ2) is 22.7. The highest BCUT2D eigenvalue weighted by Gasteiger charge is 2.58. The van der Waals surface area contributed by atoms with Gasteiger partial charge in [0.1, 0.15) is 54.1 Å². The molecule has 0 bridgehead atoms. The average molecular weight is 1190 g/mol. The summed E-state index contributed by atoms with van der Waals surface area (Å²) in [5, 5.41) is 33.2. The van der Waals surface area contributed by atoms with Crippen molar-refractivity contribution >= 4 is 65.2 Å². The number of aromatic nitrogens is 10. The number of aliphatic hydroxyl groups is 3. The number of hydrogen-bond donors (Lipinski definition) is 11. The van der Waals surface area contributed by atoms with E-state index in [-0.39, 0.29) is 40.5 Å². The first kappa shape index (κ1) is 58.0. The molecule has 0 amide bonds. The number of nitrogens with two attached hydrogens (primary N) is 2. The fraction of sp³-hybridized carbons (Fsp3) is 0.622. The van der Waals surface area contributed by atoms with Gasteiger partial charge in [-0.25, -0.2) is 38.0 Å². The number of ether oxygens (including phenoxy) is 5. The Hall–Kier alpha value is -4.62. The molecule has 41 heteroatoms. The number of H-pyrrole nitrogens is 2. The predicted molar refractivity (Wildman–Crippen MR) is 256 cm³/mol. The van der Waals surface area contributed by atoms with Crippen LogP contribution < -0.4 is 32.8 Å². The van der Waals surface area contributed by atoms with Crippen LogP contribution in [0.2, 0.25) is 0 Å². The Morgan fingerprint density at radius 3 is 2.15 bits per heavy atom. The number of phosphoric ester groups is 2. The van der Waals surface area contributed by atoms with E-state index in [1.165, 1.54) is 27.1 Å². The summed E-state index contributed by atoms with van der Waals surface area (Å²) in [6, 6.07) is 0.931. The number of rotatable bonds is 21. The minimum atomic E-state index is -6.20. The molecular weight excluding hydrogens is 1130 g/mol. The van der Waals surface area contributed by atoms with E-state index in [0.717, 1.165) is 36.6 Å². The molecule has 4 aliphatic heterocycles. The lowest BCUT2D eigenvalue weighted by atomic mass is 9.94. The van der Waals surface area contributed by atoms with Gasteiger partial charge in [0, 0.05) is 38.4 Å². The van der Waals surface area contributed by atoms with Gasteiger partial charge in [0.25, 0.3) is 17.1 Å². The summed E-state index contributed by atoms with van der Waals surface area (Å²) < 4.78 is 112. The first-order chi connectivity index (χ1) is 36.8. The van der Waals surface area contributed by atoms with E-state index >= 15 is 0 Å². The number of aromatic amines is 2. The molecule has 0 saturated carbocycles. The Morgan fingerprint density at radius 2 is 1.47 bits per heavy atom. The number of aryl methyl sites for hydroxylation is 1. The van der Waals surface area contributed by atoms with Gasteiger partial charge in [-0.15, -0.1) is 0 Å². The number of anilines is 2. The van der Waals surface area contributed by atoms with Crippen molar-refractivity contribution in [1.82, 2.24) is 48.5 Å². The molecule has 9 heterocycles. The zero-order chi connectivity index (χ0) is 56.2. The number of nitrogens with one attached hydrogen (secondary N) is 2. The highest BCUT2D eigenvalue weighted by atomic mass is 31.3. The second-order valence-electron chi connectivity index (χ2n) is 18.1. The topological polar surface area (TPSA) is 510 Å². The average Bonchev–Trinajstić information content (AvgIpc) is 4.25. The predicted octanol–water partition coefficient (Wildman–Crippen LogP) is -3.83. The van der Waals surface area contributed by atoms with Crippen LogP contribution in [0.25, 0.3) is 22.3 Å². The minimum Gasteiger partial charge on any atom is -0.387 e. The Morgan fingerprint density at radius 1 is 0.808 bits per heavy atom. The molecular formula is C37H54N13O24P4+. The molecule has 5 aromatic rings. The Balaban J connectivity index is 0.888. The van der Waals surface area contributed by atoms with Crippen molar-refractivity contribution in [2.45, 2.75) is 73.5 Å². The fourth-order valence-corrected chi connectivity index (χ4v) is 14.9. The van der Waals surface area contributed by atoms with Crippen LogP contribution in [0.15, 0.2) is 45.6 Å². The quantitative estimate of drug-likeness (QED) is 0.0248. The summed E-state index contributed by atoms with van der Waals surface area (Å²) in [6.45, 7) is -0.820. The minimum absolute atomic E-state index is 0.00263. The number of fused-ring (bicyclic) bond motifs is 2. The smallest absolute Gasteiger partial charge is 0.387 e. The van der Waals surface area contributed by atoms with Gasteiger partial charge in [0.15, 0.2) is 30.2 Å². The van der Waals surface area contributed by atoms with E-state index in [2.05, 4.69) is 33.5 Å². The number of aliphatic hydroxyl groups excluding tert-OH is 3. The molecule has 430 valence electrons. The van der Waals surface area contributed by atoms with Crippen molar-refractivity contribution in [2.24, 2.45) is 13.0 Å². The molecule has 0 aliphatic carbocycles. The van der Waals surface area contributed by atoms with E-state index in [0.29, 0.717) is 32.8 Å². The van der Waals surface area contributed by atoms with Gasteiger partial charge in [0.05, 0.1) is 52.5 Å². The molecule has 13 N–H and O–H groups in total. The number of nitrogen functional groups attached to an aromatic ring is 2. The summed E-state index contributed by atoms with van der Waals surface area (Å²) in [4.78, 5) is 103. The van der Waals surface area contributed by atoms with E-state index in [1.54, 1.807) is 0 Å². The molecule has 78 heavy (non-hydrogen) atoms. The summed E-state index contributed by atoms with van der Waals surface area (Å²) in [5.74, 6) is -1.22. The van der Waals surface area contributed by atoms with Crippen LogP contribution in [0, 0.1) is 5.92 Å². The van der Waals surface area contributed by atoms with Gasteiger partial charge in [0.2, 0.25) is 11.7 Å². The number of morpholine rings is 1. The number of nitrogens with zero attached hydrogens (tertiary/aromatic N) is 9. The highest BCUT2D eigenvalue weighted by molar-refractivity contribution is 7.66. The van der Waals surface area contributed by atoms with Gasteiger partial charge in [-0.2, -0.15) is 8.62 Å². The van der Waals surface area contributed by atoms with Crippen LogP contribution >= 0.6 is 31.1 Å². The van der Waals surface area contributed by atoms with E-state index in [1.807, 2.05) is 9.88 Å². The molecule has 0 spiro atoms. The summed E-state index contributed by atoms with van der Waals surface area (Å²) in [5.41, 5.74) is 7.48. The number of methoxy groups -OCH3 is 1. The van der Waals surface area contributed by atoms with Crippen LogP contribution in [0.3, 0.4) is 0 Å². The monoisotopic (exact) mass is 1190 g/mol. The lowest BCUT2D eigenvalue weighted by Crippen LogP contribution is -2.45. The molecule has 16 atom stereocenters. The lowest BCUT2D eigenvalue weighted by Gasteiger charge is -2.29. The third-order valence-electron chi connectivity index (χ3n) is 13.2. The standard InChI is InChI=1S/C37H53N13O24P4/c1-46-16-50(31-23(46)32(55)45-36(39)44-31)33-24(52)17(3-5-47-7-9-66-10-8-47)18(70-33)11-68-76(59,60)73-78(63,64)74-77(61,62)69-13-20-28(27(65-2)35(72-20)49-15-42-22-29(38)40-14-41-30(22)49)75(57,58)67-12-19-25(53)26(54)34(71-19)48-6-4-21(51)43-37(48)56/h4,6,14-20,24-28,33-35,52-54H,3,5,7-13H2,1-2H3,(H9-,38,39,40,41,43,44,45,51,55,56,57,58,59,60,61,62,63,64)/p+1/t17-,18-,19-,20-,24-,25-,26-,27-,28-,33?,34-,35-/m1/s1. The Kier molecular flexibility index (Phi) is 16.9. The van der Waals surface area contributed by atoms with Crippen molar-refractivity contribution in [3.05, 3.63) is 62.4 Å². The zero-order valence-corrected chi connectivity index (χ0v) is 44.3. The van der Waals surface area contributed by atoms with Gasteiger partial charge in [-0.1, -0.05) is 4.98 Å². The maximum Gasteiger partial charge on any atom is 0.490 e. The number of phosphoric acid groups is 3. The Labute approximate surface area is 436 Å². The maximum atomic E-state index is 14.4. The van der Waals surface area contributed by atoms with Crippen LogP contribution in [0.4, 0.5) is 11.8 Å². The molecule has 0 radical (unpaired) electrons. The van der Waals surface area contributed by atoms with Gasteiger partial charge in [-0.3, -0.25) is 51.8 Å². The molecule has 4 saturated heterocycles. The van der Waals surface area contributed by atoms with Crippen molar-refractivity contribution < 1.29 is 104 Å². The first-order valence-corrected chi connectivity index (χ1v) is 29.4. The van der Waals surface area contributed by atoms with E-state index < -0.39 is 141 Å². The molecule has 4 fully saturated rings. The van der Waals surface area contributed by atoms with Crippen LogP contribution in [0.1, 0.15) is 25.1 Å². The summed E-state index contributed by atoms with van der Waals surface area (Å²) >= 11 is 0. The third kappa shape index (κ3) is 12.2. The first-order valence-electron chi connectivity index (χ1n) is 23.3. The summed E-state index contributed by atoms with van der Waals surface area (Å²) in [6.07, 6.45) is -11.2. The molecule has 4 aliphatic rings. The molecule has 37 nitrogen and oxygen atoms in total. The highest BCUT2D eigenvalue weighted by Crippen LogP contribution is 2.68. The lowest BCUT2D eigenvalue weighted by molar-refractivity contribution is -0.745. The number of imidazole rings is 2. The van der Waals surface area contributed by atoms with Crippen LogP contribution in [-0.4, -0.2) is 192 Å². The third-order valence-corrected chi connectivity index (χ3v) is 19.3. The molecule has 9 rings (SSSR count). The maximum absolute atomic E-state index is 14.4. The zero-order valence-electron chi connectivity index (χ0n) is 40.7. The van der Waals surface area contributed by atoms with E-state index in [4.69, 9.17) is 48.7 Å². The van der Waals surface area contributed by atoms with Crippen molar-refractivity contribution in [1.29, 1.82) is 0 Å². The molecule has 0 aromatic carbocycles. The molecule has 5 unspecified atom stereocenters. The van der Waals surface area contributed by atoms with Gasteiger partial charge in [-0.05, 0) is 13.0 Å². The van der Waals surface area contributed by atoms with Crippen molar-refractivity contribution in [2.75, 3.05) is 71.2 Å². The number of hydrogen-bond acceptors (Lipinski definition) is 27. The second-order valence-corrected chi connectivity index (χ2v) is 24.8.